The van der Waals surface area contributed by atoms with Crippen molar-refractivity contribution in [3.63, 3.8) is 0 Å². The Morgan fingerprint density at radius 2 is 1.89 bits per heavy atom. The van der Waals surface area contributed by atoms with E-state index in [0.29, 0.717) is 23.7 Å². The minimum Gasteiger partial charge on any atom is -0.467 e. The van der Waals surface area contributed by atoms with E-state index < -0.39 is 0 Å². The van der Waals surface area contributed by atoms with Crippen LogP contribution in [0.15, 0.2) is 12.4 Å². The number of ketones is 1. The second kappa shape index (κ2) is 5.25. The molecule has 2 aliphatic rings. The maximum absolute atomic E-state index is 12.5. The van der Waals surface area contributed by atoms with Crippen molar-refractivity contribution in [1.82, 2.24) is 15.3 Å². The summed E-state index contributed by atoms with van der Waals surface area (Å²) in [4.78, 5) is 20.5. The van der Waals surface area contributed by atoms with Crippen molar-refractivity contribution < 1.29 is 9.53 Å². The lowest BCUT2D eigenvalue weighted by Gasteiger charge is -2.39. The molecule has 5 nitrogen and oxygen atoms in total. The van der Waals surface area contributed by atoms with E-state index in [-0.39, 0.29) is 11.7 Å². The smallest absolute Gasteiger partial charge is 0.316 e. The number of hydrogen-bond acceptors (Lipinski definition) is 5. The molecule has 1 aromatic rings. The Balaban J connectivity index is 1.72. The van der Waals surface area contributed by atoms with E-state index in [2.05, 4.69) is 15.3 Å². The molecule has 1 N–H and O–H groups in total. The highest BCUT2D eigenvalue weighted by atomic mass is 16.5. The number of carbonyl (C=O) groups excluding carboxylic acids is 1. The highest BCUT2D eigenvalue weighted by molar-refractivity contribution is 5.97. The monoisotopic (exact) mass is 261 g/mol. The molecule has 1 aromatic heterocycles. The van der Waals surface area contributed by atoms with Crippen molar-refractivity contribution in [2.45, 2.75) is 44.2 Å². The molecule has 19 heavy (non-hydrogen) atoms. The van der Waals surface area contributed by atoms with Crippen LogP contribution < -0.4 is 10.1 Å². The lowest BCUT2D eigenvalue weighted by molar-refractivity contribution is 0.0824. The Kier molecular flexibility index (Phi) is 3.46. The van der Waals surface area contributed by atoms with E-state index in [1.54, 1.807) is 12.4 Å². The fourth-order valence-corrected chi connectivity index (χ4v) is 3.26. The summed E-state index contributed by atoms with van der Waals surface area (Å²) < 4.78 is 4.91. The number of Topliss-reactive ketones (excluding diaryl/α,β-unsaturated/α-hetero) is 1. The van der Waals surface area contributed by atoms with Crippen LogP contribution in [-0.2, 0) is 0 Å². The molecule has 3 rings (SSSR count). The second-order valence-electron chi connectivity index (χ2n) is 5.48. The average molecular weight is 261 g/mol. The van der Waals surface area contributed by atoms with Crippen LogP contribution in [0, 0.1) is 5.92 Å². The highest BCUT2D eigenvalue weighted by Gasteiger charge is 2.35. The summed E-state index contributed by atoms with van der Waals surface area (Å²) in [5.41, 5.74) is 0.603. The van der Waals surface area contributed by atoms with E-state index in [1.807, 2.05) is 0 Å². The van der Waals surface area contributed by atoms with Gasteiger partial charge in [-0.2, -0.15) is 0 Å². The molecule has 5 heteroatoms. The van der Waals surface area contributed by atoms with Crippen LogP contribution in [0.4, 0.5) is 0 Å². The first kappa shape index (κ1) is 12.5. The molecular weight excluding hydrogens is 242 g/mol. The van der Waals surface area contributed by atoms with Crippen molar-refractivity contribution in [1.29, 1.82) is 0 Å². The molecule has 0 spiro atoms. The van der Waals surface area contributed by atoms with Gasteiger partial charge in [0.25, 0.3) is 0 Å². The van der Waals surface area contributed by atoms with Crippen molar-refractivity contribution in [3.8, 4) is 6.01 Å². The molecular formula is C14H19N3O2. The maximum Gasteiger partial charge on any atom is 0.316 e. The predicted molar refractivity (Wildman–Crippen MR) is 70.2 cm³/mol. The zero-order chi connectivity index (χ0) is 13.2. The maximum atomic E-state index is 12.5. The second-order valence-corrected chi connectivity index (χ2v) is 5.48. The number of carbonyl (C=O) groups is 1. The summed E-state index contributed by atoms with van der Waals surface area (Å²) in [7, 11) is 1.52. The van der Waals surface area contributed by atoms with Crippen molar-refractivity contribution >= 4 is 5.78 Å². The zero-order valence-electron chi connectivity index (χ0n) is 11.1. The number of rotatable bonds is 3. The number of aromatic nitrogens is 2. The van der Waals surface area contributed by atoms with Gasteiger partial charge in [0.2, 0.25) is 0 Å². The Labute approximate surface area is 112 Å². The first-order valence-corrected chi connectivity index (χ1v) is 6.92. The van der Waals surface area contributed by atoms with Crippen LogP contribution in [-0.4, -0.2) is 34.9 Å². The molecule has 2 aliphatic heterocycles. The third-order valence-corrected chi connectivity index (χ3v) is 4.18. The largest absolute Gasteiger partial charge is 0.467 e. The average Bonchev–Trinajstić information content (AvgIpc) is 2.46. The lowest BCUT2D eigenvalue weighted by Crippen LogP contribution is -2.50. The molecule has 2 fully saturated rings. The fraction of sp³-hybridized carbons (Fsp3) is 0.643. The minimum atomic E-state index is 0.119. The van der Waals surface area contributed by atoms with Crippen molar-refractivity contribution in [2.24, 2.45) is 5.92 Å². The summed E-state index contributed by atoms with van der Waals surface area (Å²) >= 11 is 0. The molecule has 0 radical (unpaired) electrons. The van der Waals surface area contributed by atoms with Gasteiger partial charge in [-0.05, 0) is 25.7 Å². The first-order chi connectivity index (χ1) is 9.26. The standard InChI is InChI=1S/C14H19N3O2/c1-19-14-15-7-10(8-16-14)13(18)9-5-11-3-2-4-12(6-9)17-11/h7-9,11-12,17H,2-6H2,1H3. The Morgan fingerprint density at radius 3 is 2.47 bits per heavy atom. The van der Waals surface area contributed by atoms with E-state index in [0.717, 1.165) is 12.8 Å². The molecule has 2 unspecified atom stereocenters. The normalized spacial score (nSPS) is 29.8. The van der Waals surface area contributed by atoms with E-state index in [9.17, 15) is 4.79 Å². The van der Waals surface area contributed by atoms with Crippen LogP contribution in [0.25, 0.3) is 0 Å². The molecule has 3 heterocycles. The number of methoxy groups -OCH3 is 1. The van der Waals surface area contributed by atoms with Gasteiger partial charge in [-0.1, -0.05) is 6.42 Å². The summed E-state index contributed by atoms with van der Waals surface area (Å²) in [5, 5.41) is 3.60. The minimum absolute atomic E-state index is 0.119. The topological polar surface area (TPSA) is 64.1 Å². The zero-order valence-corrected chi connectivity index (χ0v) is 11.1. The van der Waals surface area contributed by atoms with Crippen molar-refractivity contribution in [2.75, 3.05) is 7.11 Å². The van der Waals surface area contributed by atoms with Crippen LogP contribution >= 0.6 is 0 Å². The number of piperidine rings is 2. The van der Waals surface area contributed by atoms with Gasteiger partial charge in [0.15, 0.2) is 5.78 Å². The molecule has 102 valence electrons. The SMILES string of the molecule is COc1ncc(C(=O)C2CC3CCCC(C2)N3)cn1. The molecule has 0 aromatic carbocycles. The van der Waals surface area contributed by atoms with Crippen LogP contribution in [0.3, 0.4) is 0 Å². The molecule has 2 bridgehead atoms. The number of fused-ring (bicyclic) bond motifs is 2. The highest BCUT2D eigenvalue weighted by Crippen LogP contribution is 2.31. The molecule has 2 atom stereocenters. The van der Waals surface area contributed by atoms with Crippen LogP contribution in [0.1, 0.15) is 42.5 Å². The van der Waals surface area contributed by atoms with E-state index in [1.165, 1.54) is 26.4 Å². The molecule has 0 saturated carbocycles. The van der Waals surface area contributed by atoms with Gasteiger partial charge in [-0.25, -0.2) is 9.97 Å². The number of nitrogens with one attached hydrogen (secondary N) is 1. The molecule has 0 aliphatic carbocycles. The van der Waals surface area contributed by atoms with E-state index in [4.69, 9.17) is 4.74 Å². The Morgan fingerprint density at radius 1 is 1.26 bits per heavy atom. The van der Waals surface area contributed by atoms with Gasteiger partial charge in [-0.15, -0.1) is 0 Å². The van der Waals surface area contributed by atoms with Gasteiger partial charge < -0.3 is 10.1 Å². The predicted octanol–water partition coefficient (Wildman–Crippen LogP) is 1.59. The Hall–Kier alpha value is -1.49. The molecule has 2 saturated heterocycles. The van der Waals surface area contributed by atoms with E-state index >= 15 is 0 Å². The summed E-state index contributed by atoms with van der Waals surface area (Å²) in [6.07, 6.45) is 8.72. The summed E-state index contributed by atoms with van der Waals surface area (Å²) in [6.45, 7) is 0. The molecule has 0 amide bonds. The summed E-state index contributed by atoms with van der Waals surface area (Å²) in [6, 6.07) is 1.33. The van der Waals surface area contributed by atoms with Crippen LogP contribution in [0.2, 0.25) is 0 Å². The Bertz CT molecular complexity index is 448. The fourth-order valence-electron chi connectivity index (χ4n) is 3.26. The van der Waals surface area contributed by atoms with Crippen LogP contribution in [0.5, 0.6) is 6.01 Å². The first-order valence-electron chi connectivity index (χ1n) is 6.92. The lowest BCUT2D eigenvalue weighted by atomic mass is 9.77. The van der Waals surface area contributed by atoms with Gasteiger partial charge in [0.1, 0.15) is 0 Å². The third-order valence-electron chi connectivity index (χ3n) is 4.18. The summed E-state index contributed by atoms with van der Waals surface area (Å²) in [5.74, 6) is 0.301. The van der Waals surface area contributed by atoms with Gasteiger partial charge in [0.05, 0.1) is 12.7 Å². The van der Waals surface area contributed by atoms with Gasteiger partial charge >= 0.3 is 6.01 Å². The number of ether oxygens (including phenoxy) is 1. The van der Waals surface area contributed by atoms with Gasteiger partial charge in [0, 0.05) is 30.4 Å². The quantitative estimate of drug-likeness (QED) is 0.837. The third kappa shape index (κ3) is 2.61. The number of nitrogens with zero attached hydrogens (tertiary/aromatic N) is 2. The van der Waals surface area contributed by atoms with Crippen molar-refractivity contribution in [3.05, 3.63) is 18.0 Å². The number of hydrogen-bond donors (Lipinski definition) is 1. The van der Waals surface area contributed by atoms with Gasteiger partial charge in [-0.3, -0.25) is 4.79 Å².